The minimum atomic E-state index is -3.91. The molecule has 1 N–H and O–H groups in total. The third kappa shape index (κ3) is 4.18. The molecule has 0 radical (unpaired) electrons. The maximum Gasteiger partial charge on any atom is 0.248 e. The standard InChI is InChI=1S/C22H28N6O3S2/c1-15-12-26(13-16(2)24-15)19-7-6-17-20(29)18(33(30,31)27-9-4-3-5-10-27)14-28(21(17)25-19)22-23-8-11-32-22/h6-8,11,14-16,24H,3-5,9-10,12-13H2,1-2H3/t15-,16+. The lowest BCUT2D eigenvalue weighted by atomic mass is 10.1. The van der Waals surface area contributed by atoms with Gasteiger partial charge in [-0.3, -0.25) is 9.36 Å². The highest BCUT2D eigenvalue weighted by Gasteiger charge is 2.31. The molecule has 0 bridgehead atoms. The second kappa shape index (κ2) is 8.79. The highest BCUT2D eigenvalue weighted by Crippen LogP contribution is 2.26. The Morgan fingerprint density at radius 3 is 2.48 bits per heavy atom. The number of fused-ring (bicyclic) bond motifs is 1. The maximum atomic E-state index is 13.4. The van der Waals surface area contributed by atoms with E-state index in [0.717, 1.165) is 38.2 Å². The Morgan fingerprint density at radius 2 is 1.82 bits per heavy atom. The number of hydrogen-bond acceptors (Lipinski definition) is 8. The smallest absolute Gasteiger partial charge is 0.248 e. The fourth-order valence-electron chi connectivity index (χ4n) is 4.77. The van der Waals surface area contributed by atoms with E-state index in [1.54, 1.807) is 16.8 Å². The van der Waals surface area contributed by atoms with Gasteiger partial charge in [-0.05, 0) is 38.8 Å². The van der Waals surface area contributed by atoms with Crippen LogP contribution in [0.5, 0.6) is 0 Å². The molecule has 5 heterocycles. The molecular formula is C22H28N6O3S2. The summed E-state index contributed by atoms with van der Waals surface area (Å²) in [7, 11) is -3.91. The molecule has 176 valence electrons. The van der Waals surface area contributed by atoms with Crippen LogP contribution in [0.25, 0.3) is 16.2 Å². The molecule has 2 saturated heterocycles. The number of pyridine rings is 2. The summed E-state index contributed by atoms with van der Waals surface area (Å²) in [4.78, 5) is 24.6. The molecule has 2 atom stereocenters. The van der Waals surface area contributed by atoms with Crippen LogP contribution in [0.2, 0.25) is 0 Å². The lowest BCUT2D eigenvalue weighted by molar-refractivity contribution is 0.346. The number of sulfonamides is 1. The molecule has 9 nitrogen and oxygen atoms in total. The van der Waals surface area contributed by atoms with Crippen molar-refractivity contribution in [2.24, 2.45) is 0 Å². The average molecular weight is 489 g/mol. The van der Waals surface area contributed by atoms with Gasteiger partial charge < -0.3 is 10.2 Å². The molecule has 11 heteroatoms. The van der Waals surface area contributed by atoms with Crippen molar-refractivity contribution in [3.8, 4) is 5.13 Å². The van der Waals surface area contributed by atoms with Crippen LogP contribution >= 0.6 is 11.3 Å². The van der Waals surface area contributed by atoms with Gasteiger partial charge in [-0.25, -0.2) is 18.4 Å². The zero-order valence-electron chi connectivity index (χ0n) is 18.8. The number of aromatic nitrogens is 3. The summed E-state index contributed by atoms with van der Waals surface area (Å²) in [6.07, 6.45) is 5.68. The molecule has 3 aromatic heterocycles. The van der Waals surface area contributed by atoms with E-state index in [1.807, 2.05) is 11.4 Å². The zero-order valence-corrected chi connectivity index (χ0v) is 20.4. The Balaban J connectivity index is 1.68. The molecule has 0 spiro atoms. The Kier molecular flexibility index (Phi) is 5.98. The van der Waals surface area contributed by atoms with Gasteiger partial charge >= 0.3 is 0 Å². The van der Waals surface area contributed by atoms with Gasteiger partial charge in [0.25, 0.3) is 0 Å². The van der Waals surface area contributed by atoms with Crippen molar-refractivity contribution in [2.45, 2.75) is 50.1 Å². The van der Waals surface area contributed by atoms with Crippen molar-refractivity contribution in [3.05, 3.63) is 40.1 Å². The van der Waals surface area contributed by atoms with Gasteiger partial charge in [-0.1, -0.05) is 6.42 Å². The van der Waals surface area contributed by atoms with E-state index >= 15 is 0 Å². The molecule has 0 aliphatic carbocycles. The largest absolute Gasteiger partial charge is 0.353 e. The molecule has 2 aliphatic rings. The predicted molar refractivity (Wildman–Crippen MR) is 130 cm³/mol. The summed E-state index contributed by atoms with van der Waals surface area (Å²) >= 11 is 1.37. The van der Waals surface area contributed by atoms with Gasteiger partial charge in [0.2, 0.25) is 15.5 Å². The number of nitrogens with one attached hydrogen (secondary N) is 1. The molecule has 33 heavy (non-hydrogen) atoms. The Hall–Kier alpha value is -2.34. The van der Waals surface area contributed by atoms with Crippen molar-refractivity contribution >= 4 is 38.2 Å². The summed E-state index contributed by atoms with van der Waals surface area (Å²) in [6.45, 7) is 6.73. The van der Waals surface area contributed by atoms with Gasteiger partial charge in [0, 0.05) is 56.0 Å². The van der Waals surface area contributed by atoms with E-state index < -0.39 is 15.5 Å². The monoisotopic (exact) mass is 488 g/mol. The lowest BCUT2D eigenvalue weighted by Crippen LogP contribution is -2.54. The van der Waals surface area contributed by atoms with Crippen molar-refractivity contribution in [1.29, 1.82) is 0 Å². The van der Waals surface area contributed by atoms with Crippen LogP contribution in [-0.2, 0) is 10.0 Å². The van der Waals surface area contributed by atoms with E-state index in [4.69, 9.17) is 4.98 Å². The molecule has 3 aromatic rings. The average Bonchev–Trinajstić information content (AvgIpc) is 3.33. The van der Waals surface area contributed by atoms with Gasteiger partial charge in [-0.15, -0.1) is 11.3 Å². The van der Waals surface area contributed by atoms with Gasteiger partial charge in [0.05, 0.1) is 5.39 Å². The first-order valence-corrected chi connectivity index (χ1v) is 13.6. The third-order valence-corrected chi connectivity index (χ3v) is 8.91. The fourth-order valence-corrected chi connectivity index (χ4v) is 6.99. The topological polar surface area (TPSA) is 100 Å². The van der Waals surface area contributed by atoms with Crippen LogP contribution in [0.3, 0.4) is 0 Å². The highest BCUT2D eigenvalue weighted by molar-refractivity contribution is 7.89. The molecule has 2 fully saturated rings. The van der Waals surface area contributed by atoms with Crippen LogP contribution < -0.4 is 15.6 Å². The van der Waals surface area contributed by atoms with Gasteiger partial charge in [-0.2, -0.15) is 4.31 Å². The number of piperazine rings is 1. The Morgan fingerprint density at radius 1 is 1.09 bits per heavy atom. The van der Waals surface area contributed by atoms with E-state index in [9.17, 15) is 13.2 Å². The van der Waals surface area contributed by atoms with Gasteiger partial charge in [0.15, 0.2) is 10.8 Å². The zero-order chi connectivity index (χ0) is 23.2. The number of piperidine rings is 1. The summed E-state index contributed by atoms with van der Waals surface area (Å²) in [5.74, 6) is 0.763. The quantitative estimate of drug-likeness (QED) is 0.601. The number of rotatable bonds is 4. The molecule has 0 saturated carbocycles. The number of anilines is 1. The second-order valence-corrected chi connectivity index (χ2v) is 11.7. The van der Waals surface area contributed by atoms with E-state index in [2.05, 4.69) is 29.0 Å². The minimum Gasteiger partial charge on any atom is -0.353 e. The molecular weight excluding hydrogens is 460 g/mol. The predicted octanol–water partition coefficient (Wildman–Crippen LogP) is 2.20. The van der Waals surface area contributed by atoms with Crippen LogP contribution in [0, 0.1) is 0 Å². The molecule has 5 rings (SSSR count). The molecule has 0 amide bonds. The van der Waals surface area contributed by atoms with Crippen molar-refractivity contribution in [2.75, 3.05) is 31.1 Å². The SMILES string of the molecule is C[C@@H]1CN(c2ccc3c(=O)c(S(=O)(=O)N4CCCCC4)cn(-c4nccs4)c3n2)C[C@H](C)N1. The van der Waals surface area contributed by atoms with E-state index in [-0.39, 0.29) is 10.3 Å². The highest BCUT2D eigenvalue weighted by atomic mass is 32.2. The number of nitrogens with zero attached hydrogens (tertiary/aromatic N) is 5. The summed E-state index contributed by atoms with van der Waals surface area (Å²) < 4.78 is 29.9. The van der Waals surface area contributed by atoms with Crippen molar-refractivity contribution < 1.29 is 8.42 Å². The first kappa shape index (κ1) is 22.5. The fraction of sp³-hybridized carbons (Fsp3) is 0.500. The summed E-state index contributed by atoms with van der Waals surface area (Å²) in [6, 6.07) is 4.14. The van der Waals surface area contributed by atoms with Gasteiger partial charge in [0.1, 0.15) is 10.7 Å². The second-order valence-electron chi connectivity index (χ2n) is 8.89. The Labute approximate surface area is 197 Å². The Bertz CT molecular complexity index is 1310. The van der Waals surface area contributed by atoms with E-state index in [0.29, 0.717) is 36.0 Å². The summed E-state index contributed by atoms with van der Waals surface area (Å²) in [5.41, 5.74) is -0.0895. The molecule has 0 aromatic carbocycles. The first-order chi connectivity index (χ1) is 15.8. The van der Waals surface area contributed by atoms with Crippen molar-refractivity contribution in [3.63, 3.8) is 0 Å². The molecule has 0 unspecified atom stereocenters. The van der Waals surface area contributed by atoms with Crippen LogP contribution in [0.4, 0.5) is 5.82 Å². The van der Waals surface area contributed by atoms with Crippen LogP contribution in [-0.4, -0.2) is 65.5 Å². The summed E-state index contributed by atoms with van der Waals surface area (Å²) in [5, 5.41) is 6.18. The maximum absolute atomic E-state index is 13.4. The van der Waals surface area contributed by atoms with Crippen molar-refractivity contribution in [1.82, 2.24) is 24.2 Å². The first-order valence-electron chi connectivity index (χ1n) is 11.3. The number of thiazole rings is 1. The van der Waals surface area contributed by atoms with Crippen LogP contribution in [0.15, 0.2) is 39.6 Å². The van der Waals surface area contributed by atoms with Crippen LogP contribution in [0.1, 0.15) is 33.1 Å². The number of hydrogen-bond donors (Lipinski definition) is 1. The third-order valence-electron chi connectivity index (χ3n) is 6.24. The minimum absolute atomic E-state index is 0.217. The lowest BCUT2D eigenvalue weighted by Gasteiger charge is -2.37. The van der Waals surface area contributed by atoms with E-state index in [1.165, 1.54) is 21.8 Å². The molecule has 2 aliphatic heterocycles. The normalized spacial score (nSPS) is 22.7.